The molecule has 0 radical (unpaired) electrons. The number of ether oxygens (including phenoxy) is 2. The van der Waals surface area contributed by atoms with Crippen LogP contribution in [0.15, 0.2) is 30.3 Å². The van der Waals surface area contributed by atoms with E-state index in [1.165, 1.54) is 38.5 Å². The fraction of sp³-hybridized carbons (Fsp3) is 0.714. The minimum Gasteiger partial charge on any atom is -0.491 e. The van der Waals surface area contributed by atoms with Gasteiger partial charge in [0.2, 0.25) is 0 Å². The zero-order valence-corrected chi connectivity index (χ0v) is 18.0. The van der Waals surface area contributed by atoms with E-state index in [0.717, 1.165) is 25.0 Å². The maximum Gasteiger partial charge on any atom is 0.469 e. The Morgan fingerprint density at radius 2 is 1.50 bits per heavy atom. The molecule has 1 rings (SSSR count). The number of hydrogen-bond donors (Lipinski definition) is 2. The van der Waals surface area contributed by atoms with Gasteiger partial charge in [-0.1, -0.05) is 82.9 Å². The van der Waals surface area contributed by atoms with Gasteiger partial charge in [-0.2, -0.15) is 0 Å². The highest BCUT2D eigenvalue weighted by atomic mass is 31.2. The highest BCUT2D eigenvalue weighted by Crippen LogP contribution is 2.38. The van der Waals surface area contributed by atoms with E-state index in [-0.39, 0.29) is 6.61 Å². The molecule has 1 aromatic rings. The molecule has 1 atom stereocenters. The van der Waals surface area contributed by atoms with Gasteiger partial charge >= 0.3 is 7.82 Å². The molecule has 0 aromatic heterocycles. The van der Waals surface area contributed by atoms with Crippen LogP contribution in [0.3, 0.4) is 0 Å². The van der Waals surface area contributed by atoms with E-state index in [1.807, 2.05) is 30.3 Å². The van der Waals surface area contributed by atoms with Crippen molar-refractivity contribution in [1.82, 2.24) is 0 Å². The van der Waals surface area contributed by atoms with Crippen LogP contribution in [-0.4, -0.2) is 35.7 Å². The zero-order valence-electron chi connectivity index (χ0n) is 17.1. The number of hydrogen-bond acceptors (Lipinski definition) is 4. The van der Waals surface area contributed by atoms with Crippen LogP contribution in [0.1, 0.15) is 71.1 Å². The number of phosphoric acid groups is 1. The van der Waals surface area contributed by atoms with Crippen LogP contribution < -0.4 is 4.74 Å². The van der Waals surface area contributed by atoms with Gasteiger partial charge < -0.3 is 19.3 Å². The molecule has 28 heavy (non-hydrogen) atoms. The van der Waals surface area contributed by atoms with Gasteiger partial charge in [0, 0.05) is 0 Å². The van der Waals surface area contributed by atoms with E-state index in [1.54, 1.807) is 0 Å². The monoisotopic (exact) mass is 416 g/mol. The van der Waals surface area contributed by atoms with E-state index in [9.17, 15) is 4.57 Å². The molecule has 0 saturated carbocycles. The standard InChI is InChI=1S/C21H37O6P/c1-2-3-4-5-6-7-8-9-11-16-21(27-28(22,23)24)19-25-17-18-26-20-14-12-10-13-15-20/h10,12-15,21H,2-9,11,16-19H2,1H3,(H2,22,23,24). The van der Waals surface area contributed by atoms with E-state index < -0.39 is 13.9 Å². The highest BCUT2D eigenvalue weighted by Gasteiger charge is 2.22. The second-order valence-corrected chi connectivity index (χ2v) is 8.26. The van der Waals surface area contributed by atoms with Gasteiger partial charge in [0.15, 0.2) is 0 Å². The summed E-state index contributed by atoms with van der Waals surface area (Å²) in [7, 11) is -4.51. The molecular formula is C21H37O6P. The molecule has 7 heteroatoms. The Labute approximate surface area is 169 Å². The predicted octanol–water partition coefficient (Wildman–Crippen LogP) is 5.48. The lowest BCUT2D eigenvalue weighted by molar-refractivity contribution is 0.0182. The van der Waals surface area contributed by atoms with E-state index in [0.29, 0.717) is 19.6 Å². The molecule has 0 bridgehead atoms. The van der Waals surface area contributed by atoms with Crippen molar-refractivity contribution in [1.29, 1.82) is 0 Å². The van der Waals surface area contributed by atoms with Crippen LogP contribution in [0.2, 0.25) is 0 Å². The third-order valence-electron chi connectivity index (χ3n) is 4.46. The fourth-order valence-corrected chi connectivity index (χ4v) is 3.55. The second-order valence-electron chi connectivity index (χ2n) is 7.07. The second kappa shape index (κ2) is 15.9. The maximum atomic E-state index is 11.2. The third kappa shape index (κ3) is 15.1. The molecule has 0 heterocycles. The Bertz CT molecular complexity index is 519. The molecular weight excluding hydrogens is 379 g/mol. The summed E-state index contributed by atoms with van der Waals surface area (Å²) >= 11 is 0. The summed E-state index contributed by atoms with van der Waals surface area (Å²) in [4.78, 5) is 18.2. The summed E-state index contributed by atoms with van der Waals surface area (Å²) in [6, 6.07) is 9.43. The molecule has 0 amide bonds. The molecule has 1 unspecified atom stereocenters. The Hall–Kier alpha value is -0.910. The molecule has 0 fully saturated rings. The number of rotatable bonds is 18. The van der Waals surface area contributed by atoms with Crippen LogP contribution in [-0.2, 0) is 13.8 Å². The average Bonchev–Trinajstić information content (AvgIpc) is 2.66. The lowest BCUT2D eigenvalue weighted by Crippen LogP contribution is -2.21. The van der Waals surface area contributed by atoms with Crippen molar-refractivity contribution in [3.05, 3.63) is 30.3 Å². The van der Waals surface area contributed by atoms with Crippen molar-refractivity contribution in [2.45, 2.75) is 77.2 Å². The number of unbranched alkanes of at least 4 members (excludes halogenated alkanes) is 8. The molecule has 0 spiro atoms. The van der Waals surface area contributed by atoms with Crippen LogP contribution in [0.4, 0.5) is 0 Å². The van der Waals surface area contributed by atoms with Gasteiger partial charge in [-0.05, 0) is 18.6 Å². The van der Waals surface area contributed by atoms with Crippen LogP contribution >= 0.6 is 7.82 Å². The normalized spacial score (nSPS) is 12.8. The van der Waals surface area contributed by atoms with Crippen molar-refractivity contribution in [2.75, 3.05) is 19.8 Å². The van der Waals surface area contributed by atoms with E-state index in [4.69, 9.17) is 23.8 Å². The van der Waals surface area contributed by atoms with Crippen LogP contribution in [0, 0.1) is 0 Å². The van der Waals surface area contributed by atoms with E-state index >= 15 is 0 Å². The summed E-state index contributed by atoms with van der Waals surface area (Å²) in [6.45, 7) is 3.09. The Balaban J connectivity index is 2.13. The molecule has 0 aliphatic rings. The minimum atomic E-state index is -4.51. The summed E-state index contributed by atoms with van der Waals surface area (Å²) in [6.07, 6.45) is 10.8. The molecule has 162 valence electrons. The van der Waals surface area contributed by atoms with Gasteiger partial charge in [0.05, 0.1) is 19.3 Å². The average molecular weight is 416 g/mol. The lowest BCUT2D eigenvalue weighted by atomic mass is 10.1. The van der Waals surface area contributed by atoms with Crippen molar-refractivity contribution in [2.24, 2.45) is 0 Å². The third-order valence-corrected chi connectivity index (χ3v) is 5.03. The summed E-state index contributed by atoms with van der Waals surface area (Å²) < 4.78 is 27.1. The fourth-order valence-electron chi connectivity index (χ4n) is 2.99. The lowest BCUT2D eigenvalue weighted by Gasteiger charge is -2.18. The largest absolute Gasteiger partial charge is 0.491 e. The van der Waals surface area contributed by atoms with Crippen LogP contribution in [0.5, 0.6) is 5.75 Å². The topological polar surface area (TPSA) is 85.2 Å². The number of phosphoric ester groups is 1. The van der Waals surface area contributed by atoms with Gasteiger partial charge in [-0.3, -0.25) is 4.52 Å². The van der Waals surface area contributed by atoms with Gasteiger partial charge in [-0.25, -0.2) is 4.57 Å². The molecule has 6 nitrogen and oxygen atoms in total. The van der Waals surface area contributed by atoms with Crippen molar-refractivity contribution in [3.63, 3.8) is 0 Å². The zero-order chi connectivity index (χ0) is 20.5. The van der Waals surface area contributed by atoms with Crippen molar-refractivity contribution in [3.8, 4) is 5.75 Å². The summed E-state index contributed by atoms with van der Waals surface area (Å²) in [5.74, 6) is 0.767. The van der Waals surface area contributed by atoms with Gasteiger partial charge in [-0.15, -0.1) is 0 Å². The van der Waals surface area contributed by atoms with E-state index in [2.05, 4.69) is 6.92 Å². The predicted molar refractivity (Wildman–Crippen MR) is 112 cm³/mol. The SMILES string of the molecule is CCCCCCCCCCCC(COCCOc1ccccc1)OP(=O)(O)O. The van der Waals surface area contributed by atoms with Crippen molar-refractivity contribution < 1.29 is 28.3 Å². The Kier molecular flexibility index (Phi) is 14.3. The molecule has 1 aromatic carbocycles. The first-order valence-corrected chi connectivity index (χ1v) is 12.0. The Morgan fingerprint density at radius 1 is 0.893 bits per heavy atom. The van der Waals surface area contributed by atoms with Gasteiger partial charge in [0.1, 0.15) is 12.4 Å². The molecule has 0 saturated heterocycles. The summed E-state index contributed by atoms with van der Waals surface area (Å²) in [5, 5.41) is 0. The first-order chi connectivity index (χ1) is 13.5. The quantitative estimate of drug-likeness (QED) is 0.243. The smallest absolute Gasteiger partial charge is 0.469 e. The maximum absolute atomic E-state index is 11.2. The number of benzene rings is 1. The number of para-hydroxylation sites is 1. The minimum absolute atomic E-state index is 0.153. The Morgan fingerprint density at radius 3 is 2.11 bits per heavy atom. The molecule has 0 aliphatic heterocycles. The van der Waals surface area contributed by atoms with Crippen molar-refractivity contribution >= 4 is 7.82 Å². The summed E-state index contributed by atoms with van der Waals surface area (Å²) in [5.41, 5.74) is 0. The highest BCUT2D eigenvalue weighted by molar-refractivity contribution is 7.46. The first-order valence-electron chi connectivity index (χ1n) is 10.5. The van der Waals surface area contributed by atoms with Gasteiger partial charge in [0.25, 0.3) is 0 Å². The first kappa shape index (κ1) is 25.1. The van der Waals surface area contributed by atoms with Crippen LogP contribution in [0.25, 0.3) is 0 Å². The molecule has 2 N–H and O–H groups in total. The molecule has 0 aliphatic carbocycles.